The highest BCUT2D eigenvalue weighted by Gasteiger charge is 2.36. The summed E-state index contributed by atoms with van der Waals surface area (Å²) < 4.78 is 9.05. The Bertz CT molecular complexity index is 898. The molecule has 0 N–H and O–H groups in total. The third-order valence-corrected chi connectivity index (χ3v) is 6.31. The van der Waals surface area contributed by atoms with E-state index >= 15 is 0 Å². The number of rotatable bonds is 4. The quantitative estimate of drug-likeness (QED) is 0.505. The Labute approximate surface area is 188 Å². The van der Waals surface area contributed by atoms with Crippen LogP contribution < -0.4 is 0 Å². The molecule has 0 aliphatic carbocycles. The second kappa shape index (κ2) is 8.66. The van der Waals surface area contributed by atoms with Gasteiger partial charge in [-0.1, -0.05) is 25.1 Å². The van der Waals surface area contributed by atoms with Crippen molar-refractivity contribution in [1.29, 1.82) is 0 Å². The molecule has 0 saturated heterocycles. The molecule has 0 spiro atoms. The molecule has 1 aromatic carbocycles. The molecule has 1 amide bonds. The Morgan fingerprint density at radius 3 is 2.59 bits per heavy atom. The maximum Gasteiger partial charge on any atom is 0.410 e. The summed E-state index contributed by atoms with van der Waals surface area (Å²) in [6.07, 6.45) is 2.43. The van der Waals surface area contributed by atoms with Gasteiger partial charge < -0.3 is 9.30 Å². The van der Waals surface area contributed by atoms with E-state index in [-0.39, 0.29) is 12.1 Å². The van der Waals surface area contributed by atoms with Gasteiger partial charge in [-0.05, 0) is 86.7 Å². The van der Waals surface area contributed by atoms with Gasteiger partial charge in [-0.2, -0.15) is 0 Å². The number of aryl methyl sites for hydroxylation is 4. The number of fused-ring (bicyclic) bond motifs is 1. The molecule has 1 unspecified atom stereocenters. The van der Waals surface area contributed by atoms with Gasteiger partial charge >= 0.3 is 6.09 Å². The number of hydrogen-bond donors (Lipinski definition) is 0. The van der Waals surface area contributed by atoms with E-state index in [1.54, 1.807) is 0 Å². The maximum atomic E-state index is 13.0. The zero-order valence-corrected chi connectivity index (χ0v) is 20.5. The van der Waals surface area contributed by atoms with Crippen molar-refractivity contribution in [2.45, 2.75) is 79.0 Å². The number of carbonyl (C=O) groups is 1. The minimum atomic E-state index is -0.505. The largest absolute Gasteiger partial charge is 0.444 e. The third kappa shape index (κ3) is 4.95. The predicted octanol–water partition coefficient (Wildman–Crippen LogP) is 5.59. The minimum Gasteiger partial charge on any atom is -0.444 e. The number of aromatic nitrogens is 2. The lowest BCUT2D eigenvalue weighted by Gasteiger charge is -2.38. The molecule has 5 nitrogen and oxygen atoms in total. The average molecular weight is 509 g/mol. The highest BCUT2D eigenvalue weighted by atomic mass is 127. The van der Waals surface area contributed by atoms with Crippen molar-refractivity contribution in [3.63, 3.8) is 0 Å². The summed E-state index contributed by atoms with van der Waals surface area (Å²) in [5.74, 6) is 1.10. The van der Waals surface area contributed by atoms with Crippen LogP contribution in [0.25, 0.3) is 0 Å². The van der Waals surface area contributed by atoms with E-state index in [2.05, 4.69) is 66.1 Å². The van der Waals surface area contributed by atoms with Crippen molar-refractivity contribution in [2.75, 3.05) is 6.54 Å². The number of carbonyl (C=O) groups excluding carboxylic acids is 1. The molecular weight excluding hydrogens is 477 g/mol. The fourth-order valence-electron chi connectivity index (χ4n) is 3.92. The second-order valence-corrected chi connectivity index (χ2v) is 9.88. The van der Waals surface area contributed by atoms with Crippen molar-refractivity contribution < 1.29 is 9.53 Å². The fourth-order valence-corrected chi connectivity index (χ4v) is 4.85. The monoisotopic (exact) mass is 509 g/mol. The van der Waals surface area contributed by atoms with E-state index in [1.165, 1.54) is 16.7 Å². The van der Waals surface area contributed by atoms with Gasteiger partial charge in [0.05, 0.1) is 11.7 Å². The topological polar surface area (TPSA) is 47.4 Å². The number of imidazole rings is 1. The van der Waals surface area contributed by atoms with E-state index in [1.807, 2.05) is 25.7 Å². The zero-order chi connectivity index (χ0) is 21.3. The standard InChI is InChI=1S/C23H32IN3O2/c1-7-19-25-21(24)20-18(11-10-17-9-8-15(2)16(3)14-17)26(12-13-27(19)20)22(28)29-23(4,5)6/h8-9,14,18H,7,10-13H2,1-6H3. The van der Waals surface area contributed by atoms with Crippen molar-refractivity contribution in [2.24, 2.45) is 0 Å². The Morgan fingerprint density at radius 1 is 1.24 bits per heavy atom. The first kappa shape index (κ1) is 22.1. The lowest BCUT2D eigenvalue weighted by Crippen LogP contribution is -2.45. The maximum absolute atomic E-state index is 13.0. The van der Waals surface area contributed by atoms with Gasteiger partial charge in [0.1, 0.15) is 15.1 Å². The number of nitrogens with zero attached hydrogens (tertiary/aromatic N) is 3. The van der Waals surface area contributed by atoms with Gasteiger partial charge in [0.2, 0.25) is 0 Å². The summed E-state index contributed by atoms with van der Waals surface area (Å²) in [7, 11) is 0. The van der Waals surface area contributed by atoms with Crippen LogP contribution >= 0.6 is 22.6 Å². The van der Waals surface area contributed by atoms with Crippen molar-refractivity contribution in [3.05, 3.63) is 50.1 Å². The third-order valence-electron chi connectivity index (χ3n) is 5.52. The van der Waals surface area contributed by atoms with Crippen LogP contribution in [0.2, 0.25) is 0 Å². The lowest BCUT2D eigenvalue weighted by atomic mass is 9.98. The lowest BCUT2D eigenvalue weighted by molar-refractivity contribution is 0.00934. The number of hydrogen-bond acceptors (Lipinski definition) is 3. The molecule has 6 heteroatoms. The van der Waals surface area contributed by atoms with Crippen LogP contribution in [0.3, 0.4) is 0 Å². The molecule has 2 heterocycles. The average Bonchev–Trinajstić information content (AvgIpc) is 2.97. The first-order valence-corrected chi connectivity index (χ1v) is 11.5. The Balaban J connectivity index is 1.91. The zero-order valence-electron chi connectivity index (χ0n) is 18.4. The van der Waals surface area contributed by atoms with Crippen molar-refractivity contribution >= 4 is 28.7 Å². The van der Waals surface area contributed by atoms with Crippen LogP contribution in [-0.4, -0.2) is 32.7 Å². The summed E-state index contributed by atoms with van der Waals surface area (Å²) >= 11 is 2.32. The van der Waals surface area contributed by atoms with Gasteiger partial charge in [0, 0.05) is 19.5 Å². The summed E-state index contributed by atoms with van der Waals surface area (Å²) in [6, 6.07) is 6.61. The van der Waals surface area contributed by atoms with Crippen LogP contribution in [0.4, 0.5) is 4.79 Å². The molecule has 1 aliphatic rings. The molecular formula is C23H32IN3O2. The van der Waals surface area contributed by atoms with Gasteiger partial charge in [0.15, 0.2) is 0 Å². The molecule has 158 valence electrons. The highest BCUT2D eigenvalue weighted by molar-refractivity contribution is 14.1. The molecule has 29 heavy (non-hydrogen) atoms. The predicted molar refractivity (Wildman–Crippen MR) is 124 cm³/mol. The Morgan fingerprint density at radius 2 is 1.97 bits per heavy atom. The second-order valence-electron chi connectivity index (χ2n) is 8.86. The molecule has 1 aromatic heterocycles. The van der Waals surface area contributed by atoms with Crippen LogP contribution in [0.15, 0.2) is 18.2 Å². The SMILES string of the molecule is CCc1nc(I)c2n1CCN(C(=O)OC(C)(C)C)C2CCc1ccc(C)c(C)c1. The number of ether oxygens (including phenoxy) is 1. The first-order valence-electron chi connectivity index (χ1n) is 10.4. The molecule has 1 atom stereocenters. The van der Waals surface area contributed by atoms with Gasteiger partial charge in [-0.25, -0.2) is 9.78 Å². The van der Waals surface area contributed by atoms with Gasteiger partial charge in [-0.3, -0.25) is 4.90 Å². The smallest absolute Gasteiger partial charge is 0.410 e. The molecule has 0 bridgehead atoms. The Kier molecular flexibility index (Phi) is 6.61. The molecule has 0 saturated carbocycles. The Hall–Kier alpha value is -1.57. The van der Waals surface area contributed by atoms with Crippen LogP contribution in [0, 0.1) is 17.5 Å². The number of halogens is 1. The van der Waals surface area contributed by atoms with E-state index in [4.69, 9.17) is 9.72 Å². The molecule has 3 rings (SSSR count). The molecule has 1 aliphatic heterocycles. The summed E-state index contributed by atoms with van der Waals surface area (Å²) in [4.78, 5) is 19.7. The summed E-state index contributed by atoms with van der Waals surface area (Å²) in [5.41, 5.74) is 4.57. The summed E-state index contributed by atoms with van der Waals surface area (Å²) in [5, 5.41) is 0. The van der Waals surface area contributed by atoms with Crippen LogP contribution in [0.5, 0.6) is 0 Å². The normalized spacial score (nSPS) is 16.7. The highest BCUT2D eigenvalue weighted by Crippen LogP contribution is 2.35. The first-order chi connectivity index (χ1) is 13.6. The van der Waals surface area contributed by atoms with Gasteiger partial charge in [-0.15, -0.1) is 0 Å². The van der Waals surface area contributed by atoms with Crippen LogP contribution in [0.1, 0.15) is 68.4 Å². The molecule has 2 aromatic rings. The van der Waals surface area contributed by atoms with E-state index in [9.17, 15) is 4.79 Å². The van der Waals surface area contributed by atoms with Crippen molar-refractivity contribution in [1.82, 2.24) is 14.5 Å². The van der Waals surface area contributed by atoms with Crippen LogP contribution in [-0.2, 0) is 24.1 Å². The number of benzene rings is 1. The van der Waals surface area contributed by atoms with E-state index in [0.717, 1.165) is 41.0 Å². The number of amides is 1. The molecule has 0 radical (unpaired) electrons. The van der Waals surface area contributed by atoms with E-state index in [0.29, 0.717) is 6.54 Å². The molecule has 0 fully saturated rings. The minimum absolute atomic E-state index is 0.0279. The fraction of sp³-hybridized carbons (Fsp3) is 0.565. The van der Waals surface area contributed by atoms with Gasteiger partial charge in [0.25, 0.3) is 0 Å². The van der Waals surface area contributed by atoms with E-state index < -0.39 is 5.60 Å². The summed E-state index contributed by atoms with van der Waals surface area (Å²) in [6.45, 7) is 13.6. The van der Waals surface area contributed by atoms with Crippen molar-refractivity contribution in [3.8, 4) is 0 Å².